The van der Waals surface area contributed by atoms with Gasteiger partial charge >= 0.3 is 5.97 Å². The molecular formula is C27H30O7. The maximum Gasteiger partial charge on any atom is 0.348 e. The van der Waals surface area contributed by atoms with Gasteiger partial charge < -0.3 is 30.3 Å². The molecule has 34 heavy (non-hydrogen) atoms. The van der Waals surface area contributed by atoms with Crippen LogP contribution in [0.5, 0.6) is 17.2 Å². The molecule has 0 saturated heterocycles. The number of phenols is 3. The number of esters is 1. The van der Waals surface area contributed by atoms with Crippen LogP contribution in [0, 0.1) is 0 Å². The van der Waals surface area contributed by atoms with Gasteiger partial charge in [0.05, 0.1) is 5.60 Å². The summed E-state index contributed by atoms with van der Waals surface area (Å²) in [6.45, 7) is 7.19. The van der Waals surface area contributed by atoms with Crippen LogP contribution < -0.4 is 0 Å². The number of aryl methyl sites for hydroxylation is 1. The Hall–Kier alpha value is -3.71. The van der Waals surface area contributed by atoms with E-state index in [-0.39, 0.29) is 34.8 Å². The lowest BCUT2D eigenvalue weighted by molar-refractivity contribution is -0.131. The van der Waals surface area contributed by atoms with Crippen LogP contribution in [-0.2, 0) is 22.4 Å². The lowest BCUT2D eigenvalue weighted by atomic mass is 9.94. The van der Waals surface area contributed by atoms with Crippen molar-refractivity contribution in [3.8, 4) is 17.2 Å². The molecule has 1 aliphatic rings. The molecule has 1 heterocycles. The lowest BCUT2D eigenvalue weighted by Crippen LogP contribution is -2.19. The number of ether oxygens (including phenoxy) is 1. The maximum atomic E-state index is 12.6. The van der Waals surface area contributed by atoms with Crippen LogP contribution in [0.2, 0.25) is 0 Å². The number of carbonyl (C=O) groups is 1. The first-order valence-corrected chi connectivity index (χ1v) is 11.0. The number of aliphatic hydroxyl groups is 2. The maximum absolute atomic E-state index is 12.6. The number of cyclic esters (lactones) is 1. The van der Waals surface area contributed by atoms with Crippen molar-refractivity contribution in [2.75, 3.05) is 0 Å². The van der Waals surface area contributed by atoms with Gasteiger partial charge in [-0.2, -0.15) is 0 Å². The average Bonchev–Trinajstić information content (AvgIpc) is 3.00. The molecule has 2 aromatic rings. The van der Waals surface area contributed by atoms with Crippen LogP contribution >= 0.6 is 0 Å². The molecule has 0 amide bonds. The third-order valence-electron chi connectivity index (χ3n) is 5.48. The molecular weight excluding hydrogens is 436 g/mol. The summed E-state index contributed by atoms with van der Waals surface area (Å²) in [7, 11) is 0. The molecule has 7 heteroatoms. The first kappa shape index (κ1) is 24.9. The molecule has 3 rings (SSSR count). The Morgan fingerprint density at radius 2 is 1.68 bits per heavy atom. The Morgan fingerprint density at radius 1 is 0.971 bits per heavy atom. The van der Waals surface area contributed by atoms with Gasteiger partial charge in [-0.25, -0.2) is 4.79 Å². The number of aromatic hydroxyl groups is 3. The van der Waals surface area contributed by atoms with Gasteiger partial charge in [0.1, 0.15) is 22.8 Å². The van der Waals surface area contributed by atoms with Crippen LogP contribution in [0.15, 0.2) is 53.5 Å². The highest BCUT2D eigenvalue weighted by molar-refractivity contribution is 6.21. The van der Waals surface area contributed by atoms with Crippen LogP contribution in [0.4, 0.5) is 0 Å². The van der Waals surface area contributed by atoms with E-state index in [1.807, 2.05) is 19.9 Å². The molecule has 2 aromatic carbocycles. The Kier molecular flexibility index (Phi) is 7.07. The largest absolute Gasteiger partial charge is 0.508 e. The highest BCUT2D eigenvalue weighted by Gasteiger charge is 2.33. The number of hydrogen-bond acceptors (Lipinski definition) is 7. The van der Waals surface area contributed by atoms with E-state index in [1.54, 1.807) is 26.0 Å². The molecule has 0 spiro atoms. The summed E-state index contributed by atoms with van der Waals surface area (Å²) in [4.78, 5) is 12.6. The van der Waals surface area contributed by atoms with E-state index in [0.717, 1.165) is 11.6 Å². The monoisotopic (exact) mass is 466 g/mol. The molecule has 0 saturated carbocycles. The molecule has 0 aromatic heterocycles. The van der Waals surface area contributed by atoms with Gasteiger partial charge in [-0.15, -0.1) is 0 Å². The smallest absolute Gasteiger partial charge is 0.348 e. The predicted octanol–water partition coefficient (Wildman–Crippen LogP) is 4.88. The minimum absolute atomic E-state index is 0.0180. The van der Waals surface area contributed by atoms with E-state index >= 15 is 0 Å². The van der Waals surface area contributed by atoms with Gasteiger partial charge in [0, 0.05) is 11.6 Å². The third-order valence-corrected chi connectivity index (χ3v) is 5.48. The Bertz CT molecular complexity index is 1210. The van der Waals surface area contributed by atoms with E-state index in [4.69, 9.17) is 4.74 Å². The SMILES string of the molecule is CC(C)=CCc1cc(C=C2OC(=O)C(c3cc(CCC(C)(C)O)c(O)cc3O)=C2O)ccc1O. The van der Waals surface area contributed by atoms with Crippen LogP contribution in [0.1, 0.15) is 56.4 Å². The van der Waals surface area contributed by atoms with Gasteiger partial charge in [0.15, 0.2) is 11.5 Å². The summed E-state index contributed by atoms with van der Waals surface area (Å²) >= 11 is 0. The molecule has 180 valence electrons. The molecule has 1 aliphatic heterocycles. The highest BCUT2D eigenvalue weighted by atomic mass is 16.6. The summed E-state index contributed by atoms with van der Waals surface area (Å²) in [6, 6.07) is 7.39. The van der Waals surface area contributed by atoms with Gasteiger partial charge in [0.2, 0.25) is 0 Å². The van der Waals surface area contributed by atoms with Crippen molar-refractivity contribution in [1.29, 1.82) is 0 Å². The number of phenolic OH excluding ortho intramolecular Hbond substituents is 3. The van der Waals surface area contributed by atoms with Gasteiger partial charge in [-0.3, -0.25) is 0 Å². The summed E-state index contributed by atoms with van der Waals surface area (Å²) < 4.78 is 5.26. The summed E-state index contributed by atoms with van der Waals surface area (Å²) in [5, 5.41) is 51.4. The minimum Gasteiger partial charge on any atom is -0.508 e. The molecule has 7 nitrogen and oxygen atoms in total. The fourth-order valence-corrected chi connectivity index (χ4v) is 3.54. The van der Waals surface area contributed by atoms with Crippen molar-refractivity contribution in [1.82, 2.24) is 0 Å². The summed E-state index contributed by atoms with van der Waals surface area (Å²) in [6.07, 6.45) is 4.59. The second-order valence-corrected chi connectivity index (χ2v) is 9.31. The zero-order chi connectivity index (χ0) is 25.2. The predicted molar refractivity (Wildman–Crippen MR) is 129 cm³/mol. The molecule has 5 N–H and O–H groups in total. The Labute approximate surface area is 198 Å². The van der Waals surface area contributed by atoms with Gasteiger partial charge in [0.25, 0.3) is 0 Å². The molecule has 0 fully saturated rings. The lowest BCUT2D eigenvalue weighted by Gasteiger charge is -2.17. The van der Waals surface area contributed by atoms with Crippen molar-refractivity contribution < 1.29 is 35.1 Å². The standard InChI is InChI=1S/C27H30O7/c1-15(2)5-7-17-11-16(6-8-20(17)28)12-23-25(31)24(26(32)34-23)19-13-18(9-10-27(3,4)33)21(29)14-22(19)30/h5-6,8,11-14,28-31,33H,7,9-10H2,1-4H3. The number of carbonyl (C=O) groups excluding carboxylic acids is 1. The van der Waals surface area contributed by atoms with Crippen molar-refractivity contribution >= 4 is 17.6 Å². The Morgan fingerprint density at radius 3 is 2.32 bits per heavy atom. The second kappa shape index (κ2) is 9.65. The fraction of sp³-hybridized carbons (Fsp3) is 0.296. The van der Waals surface area contributed by atoms with Crippen molar-refractivity contribution in [3.05, 3.63) is 75.8 Å². The van der Waals surface area contributed by atoms with Gasteiger partial charge in [-0.05, 0) is 87.9 Å². The van der Waals surface area contributed by atoms with E-state index in [9.17, 15) is 30.3 Å². The summed E-state index contributed by atoms with van der Waals surface area (Å²) in [5.41, 5.74) is 1.61. The molecule has 0 atom stereocenters. The van der Waals surface area contributed by atoms with Crippen LogP contribution in [-0.4, -0.2) is 37.1 Å². The number of rotatable bonds is 7. The van der Waals surface area contributed by atoms with E-state index < -0.39 is 23.1 Å². The highest BCUT2D eigenvalue weighted by Crippen LogP contribution is 2.40. The van der Waals surface area contributed by atoms with E-state index in [0.29, 0.717) is 29.5 Å². The number of hydrogen-bond donors (Lipinski definition) is 5. The first-order chi connectivity index (χ1) is 15.9. The molecule has 0 radical (unpaired) electrons. The zero-order valence-corrected chi connectivity index (χ0v) is 19.7. The van der Waals surface area contributed by atoms with E-state index in [2.05, 4.69) is 0 Å². The van der Waals surface area contributed by atoms with Crippen molar-refractivity contribution in [2.45, 2.75) is 52.6 Å². The number of aliphatic hydroxyl groups excluding tert-OH is 1. The minimum atomic E-state index is -0.970. The molecule has 0 bridgehead atoms. The third kappa shape index (κ3) is 5.80. The number of allylic oxidation sites excluding steroid dienone is 2. The second-order valence-electron chi connectivity index (χ2n) is 9.31. The van der Waals surface area contributed by atoms with Crippen molar-refractivity contribution in [2.24, 2.45) is 0 Å². The first-order valence-electron chi connectivity index (χ1n) is 11.0. The van der Waals surface area contributed by atoms with Crippen LogP contribution in [0.3, 0.4) is 0 Å². The van der Waals surface area contributed by atoms with Gasteiger partial charge in [-0.1, -0.05) is 17.7 Å². The number of benzene rings is 2. The topological polar surface area (TPSA) is 127 Å². The molecule has 0 unspecified atom stereocenters. The quantitative estimate of drug-likeness (QED) is 0.291. The van der Waals surface area contributed by atoms with Crippen LogP contribution in [0.25, 0.3) is 11.6 Å². The summed E-state index contributed by atoms with van der Waals surface area (Å²) in [5.74, 6) is -1.82. The zero-order valence-electron chi connectivity index (χ0n) is 19.7. The normalized spacial score (nSPS) is 15.1. The Balaban J connectivity index is 1.99. The van der Waals surface area contributed by atoms with E-state index in [1.165, 1.54) is 18.2 Å². The van der Waals surface area contributed by atoms with Crippen molar-refractivity contribution in [3.63, 3.8) is 0 Å². The average molecular weight is 467 g/mol. The fourth-order valence-electron chi connectivity index (χ4n) is 3.54. The molecule has 0 aliphatic carbocycles.